The lowest BCUT2D eigenvalue weighted by Gasteiger charge is -2.12. The van der Waals surface area contributed by atoms with Crippen molar-refractivity contribution < 1.29 is 9.53 Å². The maximum absolute atomic E-state index is 13.1. The molecule has 0 aliphatic rings. The number of fused-ring (bicyclic) bond motifs is 1. The van der Waals surface area contributed by atoms with E-state index >= 15 is 0 Å². The molecule has 3 aromatic heterocycles. The molecule has 0 unspecified atom stereocenters. The summed E-state index contributed by atoms with van der Waals surface area (Å²) in [5.41, 5.74) is 4.81. The molecule has 0 radical (unpaired) electrons. The Morgan fingerprint density at radius 2 is 1.86 bits per heavy atom. The Balaban J connectivity index is 1.58. The lowest BCUT2D eigenvalue weighted by atomic mass is 10.1. The van der Waals surface area contributed by atoms with Crippen LogP contribution in [0.25, 0.3) is 22.5 Å². The molecule has 1 amide bonds. The number of hydrogen-bond acceptors (Lipinski definition) is 6. The van der Waals surface area contributed by atoms with Gasteiger partial charge in [0.05, 0.1) is 35.6 Å². The number of ether oxygens (including phenoxy) is 1. The summed E-state index contributed by atoms with van der Waals surface area (Å²) >= 11 is 6.11. The van der Waals surface area contributed by atoms with Crippen molar-refractivity contribution in [3.63, 3.8) is 0 Å². The molecule has 2 aromatic carbocycles. The molecule has 0 atom stereocenters. The summed E-state index contributed by atoms with van der Waals surface area (Å²) in [5.74, 6) is 0.955. The van der Waals surface area contributed by atoms with E-state index in [4.69, 9.17) is 16.3 Å². The van der Waals surface area contributed by atoms with Gasteiger partial charge < -0.3 is 10.1 Å². The molecule has 9 nitrogen and oxygen atoms in total. The highest BCUT2D eigenvalue weighted by Gasteiger charge is 2.20. The van der Waals surface area contributed by atoms with Crippen LogP contribution in [0.15, 0.2) is 55.0 Å². The third-order valence-electron chi connectivity index (χ3n) is 5.61. The largest absolute Gasteiger partial charge is 0.496 e. The van der Waals surface area contributed by atoms with E-state index in [-0.39, 0.29) is 5.91 Å². The number of methoxy groups -OCH3 is 1. The molecule has 10 heteroatoms. The Hall–Kier alpha value is -4.24. The molecular weight excluding hydrogens is 466 g/mol. The zero-order valence-corrected chi connectivity index (χ0v) is 20.3. The fourth-order valence-corrected chi connectivity index (χ4v) is 4.18. The topological polar surface area (TPSA) is 99.8 Å². The Labute approximate surface area is 206 Å². The Morgan fingerprint density at radius 1 is 1.03 bits per heavy atom. The summed E-state index contributed by atoms with van der Waals surface area (Å²) < 4.78 is 8.68. The minimum atomic E-state index is -0.387. The fourth-order valence-electron chi connectivity index (χ4n) is 4.01. The Bertz CT molecular complexity index is 1590. The fraction of sp³-hybridized carbons (Fsp3) is 0.160. The van der Waals surface area contributed by atoms with E-state index in [0.29, 0.717) is 44.7 Å². The van der Waals surface area contributed by atoms with Gasteiger partial charge in [0.15, 0.2) is 11.5 Å². The van der Waals surface area contributed by atoms with E-state index in [2.05, 4.69) is 31.5 Å². The Kier molecular flexibility index (Phi) is 5.70. The van der Waals surface area contributed by atoms with Gasteiger partial charge in [0.2, 0.25) is 0 Å². The van der Waals surface area contributed by atoms with Crippen LogP contribution < -0.4 is 10.1 Å². The first-order chi connectivity index (χ1) is 16.9. The van der Waals surface area contributed by atoms with Crippen LogP contribution in [0.4, 0.5) is 5.82 Å². The van der Waals surface area contributed by atoms with Gasteiger partial charge in [0.25, 0.3) is 5.91 Å². The average molecular weight is 488 g/mol. The second-order valence-corrected chi connectivity index (χ2v) is 8.60. The molecule has 0 aliphatic heterocycles. The average Bonchev–Trinajstić information content (AvgIpc) is 3.42. The number of aryl methyl sites for hydroxylation is 3. The van der Waals surface area contributed by atoms with Gasteiger partial charge in [-0.1, -0.05) is 29.3 Å². The van der Waals surface area contributed by atoms with Gasteiger partial charge in [-0.05, 0) is 50.6 Å². The molecule has 176 valence electrons. The molecule has 3 heterocycles. The van der Waals surface area contributed by atoms with Gasteiger partial charge in [-0.25, -0.2) is 14.6 Å². The first kappa shape index (κ1) is 22.5. The number of hydrogen-bond donors (Lipinski definition) is 1. The molecule has 5 rings (SSSR count). The number of aromatic nitrogens is 6. The van der Waals surface area contributed by atoms with Crippen molar-refractivity contribution in [3.05, 3.63) is 82.4 Å². The van der Waals surface area contributed by atoms with Crippen LogP contribution in [-0.4, -0.2) is 42.5 Å². The third-order valence-corrected chi connectivity index (χ3v) is 5.84. The van der Waals surface area contributed by atoms with Gasteiger partial charge >= 0.3 is 0 Å². The highest BCUT2D eigenvalue weighted by atomic mass is 35.5. The summed E-state index contributed by atoms with van der Waals surface area (Å²) in [4.78, 5) is 22.1. The molecule has 0 spiro atoms. The van der Waals surface area contributed by atoms with E-state index in [9.17, 15) is 4.79 Å². The van der Waals surface area contributed by atoms with Gasteiger partial charge in [0.1, 0.15) is 17.9 Å². The number of amides is 1. The predicted octanol–water partition coefficient (Wildman–Crippen LogP) is 4.84. The molecule has 35 heavy (non-hydrogen) atoms. The number of carbonyl (C=O) groups excluding carboxylic acids is 1. The van der Waals surface area contributed by atoms with E-state index in [1.807, 2.05) is 32.9 Å². The monoisotopic (exact) mass is 487 g/mol. The van der Waals surface area contributed by atoms with Crippen LogP contribution in [0, 0.1) is 20.8 Å². The first-order valence-corrected chi connectivity index (χ1v) is 11.2. The van der Waals surface area contributed by atoms with Gasteiger partial charge in [-0.15, -0.1) is 0 Å². The molecule has 1 N–H and O–H groups in total. The lowest BCUT2D eigenvalue weighted by Crippen LogP contribution is -2.16. The molecule has 0 fully saturated rings. The number of nitrogens with zero attached hydrogens (tertiary/aromatic N) is 6. The molecule has 0 saturated heterocycles. The van der Waals surface area contributed by atoms with E-state index < -0.39 is 0 Å². The van der Waals surface area contributed by atoms with Crippen LogP contribution in [0.5, 0.6) is 5.75 Å². The molecule has 0 saturated carbocycles. The van der Waals surface area contributed by atoms with Gasteiger partial charge in [0, 0.05) is 11.1 Å². The molecule has 0 aliphatic carbocycles. The molecule has 0 bridgehead atoms. The van der Waals surface area contributed by atoms with E-state index in [0.717, 1.165) is 11.3 Å². The van der Waals surface area contributed by atoms with Gasteiger partial charge in [-0.2, -0.15) is 14.9 Å². The van der Waals surface area contributed by atoms with Crippen LogP contribution in [0.1, 0.15) is 27.2 Å². The SMILES string of the molecule is COc1ccc(Cl)cc1C(=O)Nc1cc(C)nn1-c1ncnc2c1cnn2-c1ccc(C)cc1C. The normalized spacial score (nSPS) is 11.1. The van der Waals surface area contributed by atoms with E-state index in [1.54, 1.807) is 39.8 Å². The second-order valence-electron chi connectivity index (χ2n) is 8.16. The summed E-state index contributed by atoms with van der Waals surface area (Å²) in [6.07, 6.45) is 3.16. The van der Waals surface area contributed by atoms with Crippen molar-refractivity contribution in [1.29, 1.82) is 0 Å². The van der Waals surface area contributed by atoms with Crippen molar-refractivity contribution >= 4 is 34.4 Å². The smallest absolute Gasteiger partial charge is 0.260 e. The zero-order chi connectivity index (χ0) is 24.7. The van der Waals surface area contributed by atoms with Crippen molar-refractivity contribution in [2.24, 2.45) is 0 Å². The summed E-state index contributed by atoms with van der Waals surface area (Å²) in [6.45, 7) is 5.92. The van der Waals surface area contributed by atoms with E-state index in [1.165, 1.54) is 19.0 Å². The number of nitrogens with one attached hydrogen (secondary N) is 1. The predicted molar refractivity (Wildman–Crippen MR) is 134 cm³/mol. The summed E-state index contributed by atoms with van der Waals surface area (Å²) in [5, 5.41) is 13.2. The molecule has 5 aromatic rings. The quantitative estimate of drug-likeness (QED) is 0.380. The lowest BCUT2D eigenvalue weighted by molar-refractivity contribution is 0.102. The second kappa shape index (κ2) is 8.84. The van der Waals surface area contributed by atoms with Crippen molar-refractivity contribution in [1.82, 2.24) is 29.5 Å². The van der Waals surface area contributed by atoms with Crippen LogP contribution >= 0.6 is 11.6 Å². The number of halogens is 1. The van der Waals surface area contributed by atoms with Crippen LogP contribution in [0.2, 0.25) is 5.02 Å². The maximum Gasteiger partial charge on any atom is 0.260 e. The third kappa shape index (κ3) is 4.10. The summed E-state index contributed by atoms with van der Waals surface area (Å²) in [7, 11) is 1.50. The minimum Gasteiger partial charge on any atom is -0.496 e. The maximum atomic E-state index is 13.1. The highest BCUT2D eigenvalue weighted by Crippen LogP contribution is 2.27. The zero-order valence-electron chi connectivity index (χ0n) is 19.6. The Morgan fingerprint density at radius 3 is 2.63 bits per heavy atom. The van der Waals surface area contributed by atoms with Gasteiger partial charge in [-0.3, -0.25) is 4.79 Å². The molecular formula is C25H22ClN7O2. The van der Waals surface area contributed by atoms with Crippen molar-refractivity contribution in [2.45, 2.75) is 20.8 Å². The number of rotatable bonds is 5. The first-order valence-electron chi connectivity index (χ1n) is 10.8. The van der Waals surface area contributed by atoms with Crippen LogP contribution in [-0.2, 0) is 0 Å². The van der Waals surface area contributed by atoms with Crippen molar-refractivity contribution in [2.75, 3.05) is 12.4 Å². The minimum absolute atomic E-state index is 0.306. The highest BCUT2D eigenvalue weighted by molar-refractivity contribution is 6.31. The number of benzene rings is 2. The van der Waals surface area contributed by atoms with Crippen LogP contribution in [0.3, 0.4) is 0 Å². The standard InChI is InChI=1S/C25H22ClN7O2/c1-14-5-7-20(15(2)9-14)32-23-19(12-29-32)24(28-13-27-23)33-22(10-16(3)31-33)30-25(34)18-11-17(26)6-8-21(18)35-4/h5-13H,1-4H3,(H,30,34). The van der Waals surface area contributed by atoms with Crippen molar-refractivity contribution in [3.8, 4) is 17.3 Å². The number of anilines is 1. The summed E-state index contributed by atoms with van der Waals surface area (Å²) in [6, 6.07) is 12.8. The number of carbonyl (C=O) groups is 1.